The average molecular weight is 282 g/mol. The summed E-state index contributed by atoms with van der Waals surface area (Å²) in [6, 6.07) is 12.3. The number of benzene rings is 1. The number of aromatic nitrogens is 1. The Balaban J connectivity index is 2.10. The minimum absolute atomic E-state index is 0.631. The molecule has 3 rings (SSSR count). The van der Waals surface area contributed by atoms with E-state index in [1.165, 1.54) is 5.56 Å². The first-order valence-electron chi connectivity index (χ1n) is 5.80. The number of para-hydroxylation sites is 1. The van der Waals surface area contributed by atoms with E-state index >= 15 is 0 Å². The van der Waals surface area contributed by atoms with Crippen LogP contribution in [0.5, 0.6) is 0 Å². The summed E-state index contributed by atoms with van der Waals surface area (Å²) < 4.78 is 1.11. The molecule has 0 spiro atoms. The van der Waals surface area contributed by atoms with Gasteiger partial charge >= 0.3 is 0 Å². The van der Waals surface area contributed by atoms with Gasteiger partial charge in [-0.15, -0.1) is 22.7 Å². The first-order chi connectivity index (χ1) is 9.28. The smallest absolute Gasteiger partial charge is 0.135 e. The van der Waals surface area contributed by atoms with Crippen LogP contribution in [0.4, 0.5) is 0 Å². The molecule has 0 N–H and O–H groups in total. The fourth-order valence-electron chi connectivity index (χ4n) is 1.79. The van der Waals surface area contributed by atoms with Gasteiger partial charge in [-0.25, -0.2) is 4.98 Å². The summed E-state index contributed by atoms with van der Waals surface area (Å²) in [6.07, 6.45) is 1.93. The molecule has 0 saturated heterocycles. The van der Waals surface area contributed by atoms with E-state index in [-0.39, 0.29) is 0 Å². The van der Waals surface area contributed by atoms with Crippen LogP contribution in [0.25, 0.3) is 21.9 Å². The van der Waals surface area contributed by atoms with E-state index in [2.05, 4.69) is 24.0 Å². The number of aryl methyl sites for hydroxylation is 1. The summed E-state index contributed by atoms with van der Waals surface area (Å²) in [6.45, 7) is 2.05. The largest absolute Gasteiger partial charge is 0.235 e. The Morgan fingerprint density at radius 1 is 1.32 bits per heavy atom. The van der Waals surface area contributed by atoms with Crippen LogP contribution in [0.1, 0.15) is 15.4 Å². The average Bonchev–Trinajstić information content (AvgIpc) is 3.02. The van der Waals surface area contributed by atoms with Gasteiger partial charge in [0.05, 0.1) is 15.8 Å². The Morgan fingerprint density at radius 2 is 2.16 bits per heavy atom. The monoisotopic (exact) mass is 282 g/mol. The number of rotatable bonds is 2. The molecule has 0 aliphatic heterocycles. The number of hydrogen-bond acceptors (Lipinski definition) is 4. The van der Waals surface area contributed by atoms with Crippen LogP contribution in [0, 0.1) is 18.3 Å². The SMILES string of the molecule is Cc1ccsc1/C=C(/C#N)c1nc2ccccc2s1. The maximum atomic E-state index is 9.35. The first kappa shape index (κ1) is 12.1. The molecule has 0 amide bonds. The van der Waals surface area contributed by atoms with Gasteiger partial charge < -0.3 is 0 Å². The van der Waals surface area contributed by atoms with Gasteiger partial charge in [0.15, 0.2) is 0 Å². The number of nitriles is 1. The predicted octanol–water partition coefficient (Wildman–Crippen LogP) is 4.73. The number of thiazole rings is 1. The molecule has 4 heteroatoms. The zero-order valence-electron chi connectivity index (χ0n) is 10.3. The molecule has 3 aromatic rings. The number of hydrogen-bond donors (Lipinski definition) is 0. The molecule has 0 aliphatic carbocycles. The highest BCUT2D eigenvalue weighted by Crippen LogP contribution is 2.29. The van der Waals surface area contributed by atoms with Crippen molar-refractivity contribution in [2.75, 3.05) is 0 Å². The van der Waals surface area contributed by atoms with Gasteiger partial charge in [-0.05, 0) is 42.1 Å². The van der Waals surface area contributed by atoms with E-state index in [0.717, 1.165) is 20.1 Å². The Labute approximate surface area is 119 Å². The van der Waals surface area contributed by atoms with Crippen LogP contribution in [-0.2, 0) is 0 Å². The predicted molar refractivity (Wildman–Crippen MR) is 82.2 cm³/mol. The van der Waals surface area contributed by atoms with Crippen LogP contribution in [0.15, 0.2) is 35.7 Å². The first-order valence-corrected chi connectivity index (χ1v) is 7.49. The van der Waals surface area contributed by atoms with Gasteiger partial charge in [0.25, 0.3) is 0 Å². The normalized spacial score (nSPS) is 11.7. The molecule has 92 valence electrons. The highest BCUT2D eigenvalue weighted by atomic mass is 32.1. The van der Waals surface area contributed by atoms with Crippen molar-refractivity contribution >= 4 is 44.5 Å². The molecule has 0 bridgehead atoms. The summed E-state index contributed by atoms with van der Waals surface area (Å²) in [5.74, 6) is 0. The van der Waals surface area contributed by atoms with Crippen molar-refractivity contribution in [2.45, 2.75) is 6.92 Å². The number of nitrogens with zero attached hydrogens (tertiary/aromatic N) is 2. The minimum atomic E-state index is 0.631. The van der Waals surface area contributed by atoms with E-state index in [4.69, 9.17) is 0 Å². The van der Waals surface area contributed by atoms with E-state index in [9.17, 15) is 5.26 Å². The third-order valence-electron chi connectivity index (χ3n) is 2.82. The molecule has 2 heterocycles. The summed E-state index contributed by atoms with van der Waals surface area (Å²) in [4.78, 5) is 5.65. The highest BCUT2D eigenvalue weighted by molar-refractivity contribution is 7.19. The highest BCUT2D eigenvalue weighted by Gasteiger charge is 2.09. The zero-order chi connectivity index (χ0) is 13.2. The molecule has 0 aliphatic rings. The van der Waals surface area contributed by atoms with Crippen molar-refractivity contribution in [1.29, 1.82) is 5.26 Å². The van der Waals surface area contributed by atoms with Crippen LogP contribution in [0.3, 0.4) is 0 Å². The molecule has 0 radical (unpaired) electrons. The third kappa shape index (κ3) is 2.30. The Morgan fingerprint density at radius 3 is 2.84 bits per heavy atom. The van der Waals surface area contributed by atoms with Crippen molar-refractivity contribution < 1.29 is 0 Å². The number of fused-ring (bicyclic) bond motifs is 1. The molecule has 2 nitrogen and oxygen atoms in total. The maximum Gasteiger partial charge on any atom is 0.135 e. The summed E-state index contributed by atoms with van der Waals surface area (Å²) in [5, 5.41) is 12.2. The van der Waals surface area contributed by atoms with E-state index in [0.29, 0.717) is 5.57 Å². The fraction of sp³-hybridized carbons (Fsp3) is 0.0667. The molecule has 1 aromatic carbocycles. The van der Waals surface area contributed by atoms with Crippen molar-refractivity contribution in [1.82, 2.24) is 4.98 Å². The van der Waals surface area contributed by atoms with Crippen LogP contribution in [-0.4, -0.2) is 4.98 Å². The lowest BCUT2D eigenvalue weighted by Crippen LogP contribution is -1.79. The van der Waals surface area contributed by atoms with Crippen LogP contribution in [0.2, 0.25) is 0 Å². The van der Waals surface area contributed by atoms with Gasteiger partial charge in [-0.2, -0.15) is 5.26 Å². The second kappa shape index (κ2) is 4.96. The number of allylic oxidation sites excluding steroid dienone is 1. The second-order valence-corrected chi connectivity index (χ2v) is 6.10. The van der Waals surface area contributed by atoms with Gasteiger partial charge in [0.1, 0.15) is 11.1 Å². The van der Waals surface area contributed by atoms with Crippen molar-refractivity contribution in [2.24, 2.45) is 0 Å². The molecule has 0 atom stereocenters. The Kier molecular flexibility index (Phi) is 3.16. The van der Waals surface area contributed by atoms with Crippen molar-refractivity contribution in [3.63, 3.8) is 0 Å². The lowest BCUT2D eigenvalue weighted by Gasteiger charge is -1.93. The fourth-order valence-corrected chi connectivity index (χ4v) is 3.58. The quantitative estimate of drug-likeness (QED) is 0.637. The van der Waals surface area contributed by atoms with Gasteiger partial charge in [-0.1, -0.05) is 12.1 Å². The molecule has 0 saturated carbocycles. The van der Waals surface area contributed by atoms with E-state index in [1.54, 1.807) is 22.7 Å². The summed E-state index contributed by atoms with van der Waals surface area (Å²) >= 11 is 3.20. The van der Waals surface area contributed by atoms with E-state index in [1.807, 2.05) is 35.7 Å². The Bertz CT molecular complexity index is 770. The second-order valence-electron chi connectivity index (χ2n) is 4.12. The summed E-state index contributed by atoms with van der Waals surface area (Å²) in [5.41, 5.74) is 2.78. The standard InChI is InChI=1S/C15H10N2S2/c1-10-6-7-18-14(10)8-11(9-16)15-17-12-4-2-3-5-13(12)19-15/h2-8H,1H3/b11-8-. The Hall–Kier alpha value is -1.96. The lowest BCUT2D eigenvalue weighted by atomic mass is 10.2. The molecular formula is C15H10N2S2. The van der Waals surface area contributed by atoms with Crippen molar-refractivity contribution in [3.8, 4) is 6.07 Å². The third-order valence-corrected chi connectivity index (χ3v) is 4.86. The van der Waals surface area contributed by atoms with Gasteiger partial charge in [-0.3, -0.25) is 0 Å². The summed E-state index contributed by atoms with van der Waals surface area (Å²) in [7, 11) is 0. The minimum Gasteiger partial charge on any atom is -0.235 e. The van der Waals surface area contributed by atoms with Gasteiger partial charge in [0.2, 0.25) is 0 Å². The van der Waals surface area contributed by atoms with E-state index < -0.39 is 0 Å². The molecule has 0 unspecified atom stereocenters. The molecular weight excluding hydrogens is 272 g/mol. The van der Waals surface area contributed by atoms with Crippen LogP contribution < -0.4 is 0 Å². The number of thiophene rings is 1. The molecule has 2 aromatic heterocycles. The molecule has 19 heavy (non-hydrogen) atoms. The maximum absolute atomic E-state index is 9.35. The molecule has 0 fully saturated rings. The lowest BCUT2D eigenvalue weighted by molar-refractivity contribution is 1.43. The van der Waals surface area contributed by atoms with Gasteiger partial charge in [0, 0.05) is 4.88 Å². The van der Waals surface area contributed by atoms with Crippen LogP contribution >= 0.6 is 22.7 Å². The zero-order valence-corrected chi connectivity index (χ0v) is 11.9. The van der Waals surface area contributed by atoms with Crippen molar-refractivity contribution in [3.05, 3.63) is 51.2 Å². The topological polar surface area (TPSA) is 36.7 Å².